The number of nitrogens with zero attached hydrogens (tertiary/aromatic N) is 1. The molecular formula is C12H19NO. The summed E-state index contributed by atoms with van der Waals surface area (Å²) >= 11 is 0. The molecule has 0 spiro atoms. The minimum atomic E-state index is 0.304. The lowest BCUT2D eigenvalue weighted by molar-refractivity contribution is 0.0561. The number of piperidine rings is 1. The largest absolute Gasteiger partial charge is 0.489 e. The molecule has 1 atom stereocenters. The van der Waals surface area contributed by atoms with Crippen LogP contribution in [0, 0.1) is 0 Å². The highest BCUT2D eigenvalue weighted by Crippen LogP contribution is 2.15. The number of hydrogen-bond donors (Lipinski definition) is 0. The SMILES string of the molecule is C=C/C=C(\C=C)OC1CCCN(C)C1. The third-order valence-electron chi connectivity index (χ3n) is 2.37. The third kappa shape index (κ3) is 3.38. The molecule has 2 nitrogen and oxygen atoms in total. The van der Waals surface area contributed by atoms with Gasteiger partial charge in [0.15, 0.2) is 0 Å². The highest BCUT2D eigenvalue weighted by Gasteiger charge is 2.18. The molecule has 0 aromatic heterocycles. The number of likely N-dealkylation sites (N-methyl/N-ethyl adjacent to an activating group) is 1. The first-order valence-electron chi connectivity index (χ1n) is 5.06. The summed E-state index contributed by atoms with van der Waals surface area (Å²) in [5.74, 6) is 0.820. The van der Waals surface area contributed by atoms with E-state index in [4.69, 9.17) is 4.74 Å². The van der Waals surface area contributed by atoms with Gasteiger partial charge in [-0.05, 0) is 38.6 Å². The fraction of sp³-hybridized carbons (Fsp3) is 0.500. The molecule has 0 amide bonds. The zero-order valence-corrected chi connectivity index (χ0v) is 8.91. The number of rotatable bonds is 4. The van der Waals surface area contributed by atoms with E-state index in [1.54, 1.807) is 12.2 Å². The molecular weight excluding hydrogens is 174 g/mol. The molecule has 0 saturated carbocycles. The summed E-state index contributed by atoms with van der Waals surface area (Å²) in [6, 6.07) is 0. The van der Waals surface area contributed by atoms with Crippen LogP contribution in [0.25, 0.3) is 0 Å². The maximum absolute atomic E-state index is 5.78. The van der Waals surface area contributed by atoms with Gasteiger partial charge in [-0.1, -0.05) is 19.2 Å². The van der Waals surface area contributed by atoms with E-state index in [-0.39, 0.29) is 0 Å². The van der Waals surface area contributed by atoms with Crippen LogP contribution in [0.4, 0.5) is 0 Å². The highest BCUT2D eigenvalue weighted by atomic mass is 16.5. The summed E-state index contributed by atoms with van der Waals surface area (Å²) in [6.45, 7) is 9.53. The zero-order valence-electron chi connectivity index (χ0n) is 8.91. The molecule has 0 aromatic carbocycles. The van der Waals surface area contributed by atoms with E-state index in [2.05, 4.69) is 25.1 Å². The molecule has 0 radical (unpaired) electrons. The Morgan fingerprint density at radius 2 is 2.29 bits per heavy atom. The Morgan fingerprint density at radius 3 is 2.86 bits per heavy atom. The Morgan fingerprint density at radius 1 is 1.50 bits per heavy atom. The topological polar surface area (TPSA) is 12.5 Å². The summed E-state index contributed by atoms with van der Waals surface area (Å²) < 4.78 is 5.78. The predicted molar refractivity (Wildman–Crippen MR) is 60.1 cm³/mol. The molecule has 1 saturated heterocycles. The van der Waals surface area contributed by atoms with Crippen molar-refractivity contribution in [3.8, 4) is 0 Å². The molecule has 1 heterocycles. The smallest absolute Gasteiger partial charge is 0.119 e. The number of allylic oxidation sites excluding steroid dienone is 3. The van der Waals surface area contributed by atoms with E-state index in [0.29, 0.717) is 6.10 Å². The standard InChI is InChI=1S/C12H19NO/c1-4-7-11(5-2)14-12-8-6-9-13(3)10-12/h4-5,7,12H,1-2,6,8-10H2,3H3/b11-7+. The van der Waals surface area contributed by atoms with Crippen LogP contribution in [-0.2, 0) is 4.74 Å². The second-order valence-corrected chi connectivity index (χ2v) is 3.65. The van der Waals surface area contributed by atoms with Gasteiger partial charge in [-0.3, -0.25) is 0 Å². The summed E-state index contributed by atoms with van der Waals surface area (Å²) in [5, 5.41) is 0. The molecule has 2 heteroatoms. The normalized spacial score (nSPS) is 24.4. The first kappa shape index (κ1) is 11.1. The third-order valence-corrected chi connectivity index (χ3v) is 2.37. The second kappa shape index (κ2) is 5.66. The van der Waals surface area contributed by atoms with Gasteiger partial charge in [0.25, 0.3) is 0 Å². The second-order valence-electron chi connectivity index (χ2n) is 3.65. The Balaban J connectivity index is 2.45. The van der Waals surface area contributed by atoms with E-state index in [9.17, 15) is 0 Å². The van der Waals surface area contributed by atoms with Crippen LogP contribution in [-0.4, -0.2) is 31.1 Å². The molecule has 14 heavy (non-hydrogen) atoms. The van der Waals surface area contributed by atoms with Gasteiger partial charge >= 0.3 is 0 Å². The summed E-state index contributed by atoms with van der Waals surface area (Å²) in [7, 11) is 2.13. The van der Waals surface area contributed by atoms with E-state index in [0.717, 1.165) is 18.7 Å². The van der Waals surface area contributed by atoms with E-state index < -0.39 is 0 Å². The lowest BCUT2D eigenvalue weighted by Gasteiger charge is -2.30. The molecule has 0 N–H and O–H groups in total. The fourth-order valence-electron chi connectivity index (χ4n) is 1.68. The number of ether oxygens (including phenoxy) is 1. The molecule has 1 aliphatic heterocycles. The molecule has 1 aliphatic rings. The van der Waals surface area contributed by atoms with Crippen molar-refractivity contribution >= 4 is 0 Å². The minimum absolute atomic E-state index is 0.304. The Kier molecular flexibility index (Phi) is 4.47. The minimum Gasteiger partial charge on any atom is -0.489 e. The van der Waals surface area contributed by atoms with Crippen molar-refractivity contribution in [3.05, 3.63) is 37.1 Å². The predicted octanol–water partition coefficient (Wildman–Crippen LogP) is 2.35. The highest BCUT2D eigenvalue weighted by molar-refractivity contribution is 5.15. The maximum atomic E-state index is 5.78. The monoisotopic (exact) mass is 193 g/mol. The first-order chi connectivity index (χ1) is 6.76. The molecule has 0 aliphatic carbocycles. The van der Waals surface area contributed by atoms with Crippen molar-refractivity contribution in [1.82, 2.24) is 4.90 Å². The fourth-order valence-corrected chi connectivity index (χ4v) is 1.68. The molecule has 78 valence electrons. The summed E-state index contributed by atoms with van der Waals surface area (Å²) in [6.07, 6.45) is 7.95. The van der Waals surface area contributed by atoms with Gasteiger partial charge in [0, 0.05) is 6.54 Å². The van der Waals surface area contributed by atoms with Gasteiger partial charge in [0.2, 0.25) is 0 Å². The summed E-state index contributed by atoms with van der Waals surface area (Å²) in [4.78, 5) is 2.29. The van der Waals surface area contributed by atoms with Crippen LogP contribution in [0.15, 0.2) is 37.1 Å². The summed E-state index contributed by atoms with van der Waals surface area (Å²) in [5.41, 5.74) is 0. The Labute approximate surface area is 86.6 Å². The van der Waals surface area contributed by atoms with Crippen molar-refractivity contribution in [3.63, 3.8) is 0 Å². The van der Waals surface area contributed by atoms with Crippen LogP contribution in [0.1, 0.15) is 12.8 Å². The van der Waals surface area contributed by atoms with Gasteiger partial charge in [-0.2, -0.15) is 0 Å². The van der Waals surface area contributed by atoms with Gasteiger partial charge in [-0.25, -0.2) is 0 Å². The van der Waals surface area contributed by atoms with Crippen molar-refractivity contribution < 1.29 is 4.74 Å². The van der Waals surface area contributed by atoms with Crippen LogP contribution in [0.2, 0.25) is 0 Å². The quantitative estimate of drug-likeness (QED) is 0.502. The van der Waals surface area contributed by atoms with Crippen LogP contribution in [0.5, 0.6) is 0 Å². The van der Waals surface area contributed by atoms with Crippen molar-refractivity contribution in [2.24, 2.45) is 0 Å². The lowest BCUT2D eigenvalue weighted by atomic mass is 10.1. The van der Waals surface area contributed by atoms with Crippen molar-refractivity contribution in [2.75, 3.05) is 20.1 Å². The van der Waals surface area contributed by atoms with Gasteiger partial charge in [0.05, 0.1) is 0 Å². The molecule has 0 bridgehead atoms. The number of likely N-dealkylation sites (tertiary alicyclic amines) is 1. The van der Waals surface area contributed by atoms with Crippen molar-refractivity contribution in [1.29, 1.82) is 0 Å². The van der Waals surface area contributed by atoms with E-state index in [1.807, 2.05) is 6.08 Å². The molecule has 1 fully saturated rings. The van der Waals surface area contributed by atoms with Crippen molar-refractivity contribution in [2.45, 2.75) is 18.9 Å². The van der Waals surface area contributed by atoms with E-state index in [1.165, 1.54) is 13.0 Å². The lowest BCUT2D eigenvalue weighted by Crippen LogP contribution is -2.36. The number of hydrogen-bond acceptors (Lipinski definition) is 2. The Bertz CT molecular complexity index is 232. The zero-order chi connectivity index (χ0) is 10.4. The average Bonchev–Trinajstić information content (AvgIpc) is 2.17. The average molecular weight is 193 g/mol. The Hall–Kier alpha value is -1.02. The van der Waals surface area contributed by atoms with Gasteiger partial charge in [0.1, 0.15) is 11.9 Å². The van der Waals surface area contributed by atoms with Gasteiger partial charge < -0.3 is 9.64 Å². The van der Waals surface area contributed by atoms with Gasteiger partial charge in [-0.15, -0.1) is 0 Å². The van der Waals surface area contributed by atoms with Crippen LogP contribution < -0.4 is 0 Å². The van der Waals surface area contributed by atoms with E-state index >= 15 is 0 Å². The van der Waals surface area contributed by atoms with Crippen LogP contribution in [0.3, 0.4) is 0 Å². The maximum Gasteiger partial charge on any atom is 0.119 e. The molecule has 0 aromatic rings. The molecule has 1 unspecified atom stereocenters. The first-order valence-corrected chi connectivity index (χ1v) is 5.06. The molecule has 1 rings (SSSR count). The van der Waals surface area contributed by atoms with Crippen LogP contribution >= 0.6 is 0 Å².